The normalized spacial score (nSPS) is 16.8. The first-order chi connectivity index (χ1) is 14.1. The van der Waals surface area contributed by atoms with Crippen LogP contribution in [0.4, 0.5) is 5.69 Å². The molecule has 2 aromatic rings. The molecular weight excluding hydrogens is 368 g/mol. The van der Waals surface area contributed by atoms with Gasteiger partial charge in [0.05, 0.1) is 0 Å². The molecule has 1 fully saturated rings. The Morgan fingerprint density at radius 2 is 1.90 bits per heavy atom. The number of anilines is 1. The number of carboxylic acids is 1. The molecular formula is C22H28N4O3. The Balaban J connectivity index is 1.18. The minimum atomic E-state index is -1.03. The molecule has 0 atom stereocenters. The van der Waals surface area contributed by atoms with E-state index < -0.39 is 5.97 Å². The third-order valence-corrected chi connectivity index (χ3v) is 6.07. The van der Waals surface area contributed by atoms with Crippen molar-refractivity contribution in [1.82, 2.24) is 14.7 Å². The molecule has 7 heteroatoms. The molecule has 0 spiro atoms. The van der Waals surface area contributed by atoms with E-state index in [2.05, 4.69) is 34.3 Å². The first-order valence-electron chi connectivity index (χ1n) is 10.5. The van der Waals surface area contributed by atoms with Crippen LogP contribution in [0.1, 0.15) is 41.7 Å². The van der Waals surface area contributed by atoms with Gasteiger partial charge in [-0.2, -0.15) is 5.10 Å². The maximum Gasteiger partial charge on any atom is 0.356 e. The zero-order valence-electron chi connectivity index (χ0n) is 16.7. The van der Waals surface area contributed by atoms with Crippen molar-refractivity contribution >= 4 is 17.6 Å². The number of nitrogens with zero attached hydrogens (tertiary/aromatic N) is 4. The summed E-state index contributed by atoms with van der Waals surface area (Å²) in [6.07, 6.45) is 6.06. The van der Waals surface area contributed by atoms with Crippen LogP contribution < -0.4 is 4.90 Å². The summed E-state index contributed by atoms with van der Waals surface area (Å²) in [5.74, 6) is -0.190. The van der Waals surface area contributed by atoms with Crippen molar-refractivity contribution in [3.05, 3.63) is 47.8 Å². The van der Waals surface area contributed by atoms with Crippen molar-refractivity contribution < 1.29 is 14.7 Å². The Kier molecular flexibility index (Phi) is 5.83. The molecule has 0 radical (unpaired) electrons. The number of likely N-dealkylation sites (tertiary alicyclic amines) is 1. The van der Waals surface area contributed by atoms with Gasteiger partial charge in [0.1, 0.15) is 0 Å². The van der Waals surface area contributed by atoms with Gasteiger partial charge in [0, 0.05) is 51.0 Å². The van der Waals surface area contributed by atoms with E-state index in [0.717, 1.165) is 45.4 Å². The van der Waals surface area contributed by atoms with Gasteiger partial charge in [-0.1, -0.05) is 18.2 Å². The highest BCUT2D eigenvalue weighted by atomic mass is 16.4. The van der Waals surface area contributed by atoms with Crippen molar-refractivity contribution in [2.75, 3.05) is 31.1 Å². The molecule has 1 saturated heterocycles. The van der Waals surface area contributed by atoms with Crippen LogP contribution in [0.25, 0.3) is 0 Å². The number of benzene rings is 1. The van der Waals surface area contributed by atoms with Crippen LogP contribution in [0.3, 0.4) is 0 Å². The Bertz CT molecular complexity index is 870. The Hall–Kier alpha value is -2.83. The summed E-state index contributed by atoms with van der Waals surface area (Å²) in [5.41, 5.74) is 2.88. The zero-order valence-corrected chi connectivity index (χ0v) is 16.7. The molecule has 3 heterocycles. The topological polar surface area (TPSA) is 78.7 Å². The van der Waals surface area contributed by atoms with Gasteiger partial charge in [-0.05, 0) is 49.3 Å². The number of rotatable bonds is 7. The van der Waals surface area contributed by atoms with Gasteiger partial charge >= 0.3 is 5.97 Å². The van der Waals surface area contributed by atoms with E-state index >= 15 is 0 Å². The number of hydrogen-bond acceptors (Lipinski definition) is 4. The Labute approximate surface area is 170 Å². The summed E-state index contributed by atoms with van der Waals surface area (Å²) in [4.78, 5) is 27.9. The maximum absolute atomic E-state index is 12.5. The quantitative estimate of drug-likeness (QED) is 0.778. The van der Waals surface area contributed by atoms with Crippen LogP contribution in [0, 0.1) is 5.92 Å². The number of aromatic nitrogens is 2. The fraction of sp³-hybridized carbons (Fsp3) is 0.500. The maximum atomic E-state index is 12.5. The van der Waals surface area contributed by atoms with Gasteiger partial charge in [0.25, 0.3) is 0 Å². The van der Waals surface area contributed by atoms with Crippen molar-refractivity contribution in [3.8, 4) is 0 Å². The highest BCUT2D eigenvalue weighted by Gasteiger charge is 2.26. The summed E-state index contributed by atoms with van der Waals surface area (Å²) in [5, 5.41) is 12.9. The largest absolute Gasteiger partial charge is 0.476 e. The van der Waals surface area contributed by atoms with E-state index in [1.165, 1.54) is 17.3 Å². The molecule has 1 N–H and O–H groups in total. The smallest absolute Gasteiger partial charge is 0.356 e. The van der Waals surface area contributed by atoms with Crippen LogP contribution >= 0.6 is 0 Å². The lowest BCUT2D eigenvalue weighted by molar-refractivity contribution is -0.132. The lowest BCUT2D eigenvalue weighted by Gasteiger charge is -2.34. The molecule has 2 aliphatic rings. The minimum Gasteiger partial charge on any atom is -0.476 e. The third-order valence-electron chi connectivity index (χ3n) is 6.07. The van der Waals surface area contributed by atoms with Crippen molar-refractivity contribution in [2.45, 2.75) is 38.6 Å². The van der Waals surface area contributed by atoms with Crippen LogP contribution in [0.5, 0.6) is 0 Å². The molecule has 0 bridgehead atoms. The second kappa shape index (κ2) is 8.68. The molecule has 1 amide bonds. The Morgan fingerprint density at radius 1 is 1.10 bits per heavy atom. The van der Waals surface area contributed by atoms with E-state index in [0.29, 0.717) is 25.3 Å². The molecule has 4 rings (SSSR count). The summed E-state index contributed by atoms with van der Waals surface area (Å²) >= 11 is 0. The molecule has 0 aliphatic carbocycles. The number of fused-ring (bicyclic) bond motifs is 1. The molecule has 1 aromatic heterocycles. The van der Waals surface area contributed by atoms with Crippen molar-refractivity contribution in [3.63, 3.8) is 0 Å². The van der Waals surface area contributed by atoms with E-state index in [9.17, 15) is 9.59 Å². The van der Waals surface area contributed by atoms with Gasteiger partial charge < -0.3 is 14.9 Å². The molecule has 7 nitrogen and oxygen atoms in total. The number of hydrogen-bond donors (Lipinski definition) is 1. The second-order valence-electron chi connectivity index (χ2n) is 8.02. The molecule has 1 aromatic carbocycles. The van der Waals surface area contributed by atoms with Crippen LogP contribution in [0.15, 0.2) is 36.5 Å². The number of aromatic carboxylic acids is 1. The second-order valence-corrected chi connectivity index (χ2v) is 8.02. The van der Waals surface area contributed by atoms with Gasteiger partial charge in [-0.25, -0.2) is 4.79 Å². The lowest BCUT2D eigenvalue weighted by Crippen LogP contribution is -2.41. The molecule has 29 heavy (non-hydrogen) atoms. The molecule has 0 unspecified atom stereocenters. The standard InChI is InChI=1S/C22H28N4O3/c27-21(6-3-11-26-15-10-19(23-26)22(28)29)24-12-7-17(8-13-24)16-25-14-9-18-4-1-2-5-20(18)25/h1-2,4-5,10,15,17H,3,6-9,11-14,16H2,(H,28,29). The minimum absolute atomic E-state index is 0.0408. The van der Waals surface area contributed by atoms with E-state index in [1.54, 1.807) is 10.9 Å². The monoisotopic (exact) mass is 396 g/mol. The fourth-order valence-electron chi connectivity index (χ4n) is 4.42. The third kappa shape index (κ3) is 4.60. The number of carbonyl (C=O) groups excluding carboxylic acids is 1. The van der Waals surface area contributed by atoms with Gasteiger partial charge in [0.2, 0.25) is 5.91 Å². The van der Waals surface area contributed by atoms with Gasteiger partial charge in [-0.15, -0.1) is 0 Å². The van der Waals surface area contributed by atoms with E-state index in [-0.39, 0.29) is 11.6 Å². The van der Waals surface area contributed by atoms with E-state index in [1.807, 2.05) is 4.90 Å². The van der Waals surface area contributed by atoms with E-state index in [4.69, 9.17) is 5.11 Å². The summed E-state index contributed by atoms with van der Waals surface area (Å²) in [6.45, 7) is 4.43. The number of carbonyl (C=O) groups is 2. The number of amides is 1. The van der Waals surface area contributed by atoms with Crippen LogP contribution in [-0.2, 0) is 17.8 Å². The summed E-state index contributed by atoms with van der Waals surface area (Å²) < 4.78 is 1.59. The van der Waals surface area contributed by atoms with Crippen molar-refractivity contribution in [1.29, 1.82) is 0 Å². The zero-order chi connectivity index (χ0) is 20.2. The summed E-state index contributed by atoms with van der Waals surface area (Å²) in [6, 6.07) is 10.2. The SMILES string of the molecule is O=C(O)c1ccn(CCCC(=O)N2CCC(CN3CCc4ccccc43)CC2)n1. The number of para-hydroxylation sites is 1. The molecule has 0 saturated carbocycles. The first kappa shape index (κ1) is 19.5. The lowest BCUT2D eigenvalue weighted by atomic mass is 9.95. The molecule has 2 aliphatic heterocycles. The van der Waals surface area contributed by atoms with Crippen LogP contribution in [0.2, 0.25) is 0 Å². The average Bonchev–Trinajstić information content (AvgIpc) is 3.36. The molecule has 154 valence electrons. The van der Waals surface area contributed by atoms with Gasteiger partial charge in [0.15, 0.2) is 5.69 Å². The summed E-state index contributed by atoms with van der Waals surface area (Å²) in [7, 11) is 0. The number of carboxylic acid groups (broad SMARTS) is 1. The van der Waals surface area contributed by atoms with Crippen molar-refractivity contribution in [2.24, 2.45) is 5.92 Å². The predicted molar refractivity (Wildman–Crippen MR) is 110 cm³/mol. The highest BCUT2D eigenvalue weighted by Crippen LogP contribution is 2.30. The predicted octanol–water partition coefficient (Wildman–Crippen LogP) is 2.66. The highest BCUT2D eigenvalue weighted by molar-refractivity contribution is 5.85. The average molecular weight is 396 g/mol. The fourth-order valence-corrected chi connectivity index (χ4v) is 4.42. The van der Waals surface area contributed by atoms with Gasteiger partial charge in [-0.3, -0.25) is 9.48 Å². The van der Waals surface area contributed by atoms with Crippen LogP contribution in [-0.4, -0.2) is 57.8 Å². The first-order valence-corrected chi connectivity index (χ1v) is 10.5. The number of piperidine rings is 1. The number of aryl methyl sites for hydroxylation is 1. The Morgan fingerprint density at radius 3 is 2.66 bits per heavy atom.